The fourth-order valence-electron chi connectivity index (χ4n) is 1.46. The molecule has 0 radical (unpaired) electrons. The molecule has 0 saturated heterocycles. The summed E-state index contributed by atoms with van der Waals surface area (Å²) in [5.74, 6) is 1.30. The van der Waals surface area contributed by atoms with Gasteiger partial charge < -0.3 is 5.73 Å². The quantitative estimate of drug-likeness (QED) is 0.745. The molecule has 4 heteroatoms. The van der Waals surface area contributed by atoms with E-state index < -0.39 is 0 Å². The third-order valence-electron chi connectivity index (χ3n) is 2.33. The van der Waals surface area contributed by atoms with Gasteiger partial charge in [0, 0.05) is 12.1 Å². The number of aryl methyl sites for hydroxylation is 1. The number of nitrogens with zero attached hydrogens (tertiary/aromatic N) is 3. The monoisotopic (exact) mass is 190 g/mol. The number of aromatic nitrogens is 3. The van der Waals surface area contributed by atoms with Crippen LogP contribution in [-0.4, -0.2) is 14.6 Å². The van der Waals surface area contributed by atoms with Crippen LogP contribution in [-0.2, 0) is 0 Å². The molecule has 2 N–H and O–H groups in total. The number of fused-ring (bicyclic) bond motifs is 1. The number of anilines is 1. The zero-order chi connectivity index (χ0) is 10.3. The average molecular weight is 190 g/mol. The smallest absolute Gasteiger partial charge is 0.161 e. The van der Waals surface area contributed by atoms with Gasteiger partial charge in [0.1, 0.15) is 5.82 Å². The van der Waals surface area contributed by atoms with Crippen LogP contribution in [0.2, 0.25) is 0 Å². The van der Waals surface area contributed by atoms with Gasteiger partial charge in [0.2, 0.25) is 0 Å². The molecule has 0 amide bonds. The summed E-state index contributed by atoms with van der Waals surface area (Å²) >= 11 is 0. The van der Waals surface area contributed by atoms with Gasteiger partial charge in [0.15, 0.2) is 5.65 Å². The number of hydrogen-bond acceptors (Lipinski definition) is 3. The molecule has 0 aliphatic heterocycles. The lowest BCUT2D eigenvalue weighted by atomic mass is 10.2. The van der Waals surface area contributed by atoms with Gasteiger partial charge in [-0.3, -0.25) is 4.40 Å². The molecular weight excluding hydrogens is 176 g/mol. The molecule has 0 aliphatic carbocycles. The summed E-state index contributed by atoms with van der Waals surface area (Å²) in [4.78, 5) is 0. The molecular formula is C10H14N4. The molecule has 2 rings (SSSR count). The van der Waals surface area contributed by atoms with Gasteiger partial charge >= 0.3 is 0 Å². The van der Waals surface area contributed by atoms with Gasteiger partial charge in [-0.25, -0.2) is 0 Å². The summed E-state index contributed by atoms with van der Waals surface area (Å²) in [6.45, 7) is 6.15. The maximum absolute atomic E-state index is 5.84. The standard InChI is InChI=1S/C10H14N4/c1-6(2)10-13-12-9-4-7(3)8(11)5-14(9)10/h4-6H,11H2,1-3H3. The third kappa shape index (κ3) is 1.23. The van der Waals surface area contributed by atoms with Gasteiger partial charge in [-0.05, 0) is 18.6 Å². The Balaban J connectivity index is 2.74. The molecule has 0 spiro atoms. The molecule has 0 fully saturated rings. The molecule has 74 valence electrons. The lowest BCUT2D eigenvalue weighted by molar-refractivity contribution is 0.759. The highest BCUT2D eigenvalue weighted by Crippen LogP contribution is 2.17. The molecule has 2 heterocycles. The Hall–Kier alpha value is -1.58. The van der Waals surface area contributed by atoms with Crippen molar-refractivity contribution in [3.05, 3.63) is 23.7 Å². The van der Waals surface area contributed by atoms with Crippen molar-refractivity contribution in [2.45, 2.75) is 26.7 Å². The maximum atomic E-state index is 5.84. The Bertz CT molecular complexity index is 470. The molecule has 2 aromatic rings. The van der Waals surface area contributed by atoms with Crippen molar-refractivity contribution in [1.82, 2.24) is 14.6 Å². The SMILES string of the molecule is Cc1cc2nnc(C(C)C)n2cc1N. The molecule has 0 saturated carbocycles. The van der Waals surface area contributed by atoms with Crippen molar-refractivity contribution in [3.63, 3.8) is 0 Å². The van der Waals surface area contributed by atoms with Crippen LogP contribution in [0.1, 0.15) is 31.2 Å². The van der Waals surface area contributed by atoms with E-state index in [0.717, 1.165) is 22.7 Å². The van der Waals surface area contributed by atoms with E-state index in [0.29, 0.717) is 5.92 Å². The second kappa shape index (κ2) is 2.97. The third-order valence-corrected chi connectivity index (χ3v) is 2.33. The first-order chi connectivity index (χ1) is 6.59. The van der Waals surface area contributed by atoms with Crippen LogP contribution in [0.4, 0.5) is 5.69 Å². The fourth-order valence-corrected chi connectivity index (χ4v) is 1.46. The van der Waals surface area contributed by atoms with Crippen molar-refractivity contribution in [2.75, 3.05) is 5.73 Å². The van der Waals surface area contributed by atoms with E-state index in [2.05, 4.69) is 24.0 Å². The van der Waals surface area contributed by atoms with Crippen molar-refractivity contribution in [3.8, 4) is 0 Å². The zero-order valence-corrected chi connectivity index (χ0v) is 8.65. The highest BCUT2D eigenvalue weighted by Gasteiger charge is 2.09. The minimum atomic E-state index is 0.354. The van der Waals surface area contributed by atoms with Crippen LogP contribution in [0.25, 0.3) is 5.65 Å². The number of rotatable bonds is 1. The fraction of sp³-hybridized carbons (Fsp3) is 0.400. The average Bonchev–Trinajstić information content (AvgIpc) is 2.48. The van der Waals surface area contributed by atoms with E-state index >= 15 is 0 Å². The first-order valence-corrected chi connectivity index (χ1v) is 4.70. The van der Waals surface area contributed by atoms with Crippen molar-refractivity contribution >= 4 is 11.3 Å². The molecule has 0 bridgehead atoms. The summed E-state index contributed by atoms with van der Waals surface area (Å²) in [6, 6.07) is 1.95. The minimum absolute atomic E-state index is 0.354. The van der Waals surface area contributed by atoms with Crippen LogP contribution in [0.15, 0.2) is 12.3 Å². The predicted molar refractivity (Wildman–Crippen MR) is 56.2 cm³/mol. The number of nitrogen functional groups attached to an aromatic ring is 1. The van der Waals surface area contributed by atoms with Crippen molar-refractivity contribution in [1.29, 1.82) is 0 Å². The Kier molecular flexibility index (Phi) is 1.91. The summed E-state index contributed by atoms with van der Waals surface area (Å²) in [7, 11) is 0. The minimum Gasteiger partial charge on any atom is -0.397 e. The van der Waals surface area contributed by atoms with Gasteiger partial charge in [0.25, 0.3) is 0 Å². The number of nitrogens with two attached hydrogens (primary N) is 1. The lowest BCUT2D eigenvalue weighted by Crippen LogP contribution is -1.99. The molecule has 0 aromatic carbocycles. The number of hydrogen-bond donors (Lipinski definition) is 1. The Morgan fingerprint density at radius 1 is 1.36 bits per heavy atom. The van der Waals surface area contributed by atoms with E-state index in [1.54, 1.807) is 0 Å². The van der Waals surface area contributed by atoms with E-state index in [1.807, 2.05) is 23.6 Å². The van der Waals surface area contributed by atoms with Crippen LogP contribution >= 0.6 is 0 Å². The van der Waals surface area contributed by atoms with E-state index in [4.69, 9.17) is 5.73 Å². The summed E-state index contributed by atoms with van der Waals surface area (Å²) < 4.78 is 1.95. The summed E-state index contributed by atoms with van der Waals surface area (Å²) in [5.41, 5.74) is 8.52. The zero-order valence-electron chi connectivity index (χ0n) is 8.65. The van der Waals surface area contributed by atoms with Crippen molar-refractivity contribution < 1.29 is 0 Å². The van der Waals surface area contributed by atoms with Gasteiger partial charge in [-0.15, -0.1) is 10.2 Å². The molecule has 0 aliphatic rings. The van der Waals surface area contributed by atoms with Gasteiger partial charge in [-0.1, -0.05) is 13.8 Å². The number of pyridine rings is 1. The highest BCUT2D eigenvalue weighted by molar-refractivity contribution is 5.53. The largest absolute Gasteiger partial charge is 0.397 e. The summed E-state index contributed by atoms with van der Waals surface area (Å²) in [6.07, 6.45) is 1.89. The normalized spacial score (nSPS) is 11.4. The highest BCUT2D eigenvalue weighted by atomic mass is 15.2. The first kappa shape index (κ1) is 8.99. The van der Waals surface area contributed by atoms with Crippen LogP contribution in [0.3, 0.4) is 0 Å². The Morgan fingerprint density at radius 2 is 2.07 bits per heavy atom. The Labute approximate surface area is 82.8 Å². The molecule has 14 heavy (non-hydrogen) atoms. The van der Waals surface area contributed by atoms with Crippen LogP contribution in [0, 0.1) is 6.92 Å². The summed E-state index contributed by atoms with van der Waals surface area (Å²) in [5, 5.41) is 8.23. The lowest BCUT2D eigenvalue weighted by Gasteiger charge is -2.04. The predicted octanol–water partition coefficient (Wildman–Crippen LogP) is 1.74. The molecule has 0 unspecified atom stereocenters. The van der Waals surface area contributed by atoms with Crippen LogP contribution < -0.4 is 5.73 Å². The van der Waals surface area contributed by atoms with Crippen molar-refractivity contribution in [2.24, 2.45) is 0 Å². The Morgan fingerprint density at radius 3 is 2.71 bits per heavy atom. The molecule has 0 atom stereocenters. The van der Waals surface area contributed by atoms with Crippen LogP contribution in [0.5, 0.6) is 0 Å². The topological polar surface area (TPSA) is 56.2 Å². The van der Waals surface area contributed by atoms with E-state index in [1.165, 1.54) is 0 Å². The second-order valence-corrected chi connectivity index (χ2v) is 3.85. The molecule has 4 nitrogen and oxygen atoms in total. The van der Waals surface area contributed by atoms with Gasteiger partial charge in [0.05, 0.1) is 5.69 Å². The van der Waals surface area contributed by atoms with Gasteiger partial charge in [-0.2, -0.15) is 0 Å². The maximum Gasteiger partial charge on any atom is 0.161 e. The molecule has 2 aromatic heterocycles. The van der Waals surface area contributed by atoms with E-state index in [-0.39, 0.29) is 0 Å². The second-order valence-electron chi connectivity index (χ2n) is 3.85. The first-order valence-electron chi connectivity index (χ1n) is 4.70. The van der Waals surface area contributed by atoms with E-state index in [9.17, 15) is 0 Å².